The van der Waals surface area contributed by atoms with Crippen LogP contribution in [0.2, 0.25) is 5.15 Å². The zero-order chi connectivity index (χ0) is 14.8. The molecule has 0 atom stereocenters. The van der Waals surface area contributed by atoms with Crippen molar-refractivity contribution in [3.8, 4) is 5.75 Å². The summed E-state index contributed by atoms with van der Waals surface area (Å²) in [5, 5.41) is 3.45. The van der Waals surface area contributed by atoms with Crippen LogP contribution in [0.15, 0.2) is 30.3 Å². The Morgan fingerprint density at radius 1 is 1.19 bits per heavy atom. The molecule has 1 heterocycles. The van der Waals surface area contributed by atoms with Crippen molar-refractivity contribution in [3.63, 3.8) is 0 Å². The molecule has 0 aliphatic heterocycles. The Morgan fingerprint density at radius 2 is 1.90 bits per heavy atom. The fourth-order valence-corrected chi connectivity index (χ4v) is 2.08. The molecule has 1 fully saturated rings. The van der Waals surface area contributed by atoms with Gasteiger partial charge in [-0.2, -0.15) is 8.78 Å². The number of rotatable bonds is 5. The standard InChI is InChI=1S/C14H12ClF2N3O/c15-11-7-12(20-13(19-11)8-1-2-8)18-9-3-5-10(6-4-9)21-14(16)17/h3-8,14H,1-2H2,(H,18,19,20). The van der Waals surface area contributed by atoms with Gasteiger partial charge in [-0.1, -0.05) is 11.6 Å². The number of nitrogens with one attached hydrogen (secondary N) is 1. The Labute approximate surface area is 125 Å². The number of benzene rings is 1. The molecule has 1 aliphatic carbocycles. The van der Waals surface area contributed by atoms with Crippen LogP contribution in [0.3, 0.4) is 0 Å². The molecule has 0 saturated heterocycles. The summed E-state index contributed by atoms with van der Waals surface area (Å²) in [6.45, 7) is -2.83. The van der Waals surface area contributed by atoms with Crippen molar-refractivity contribution in [1.29, 1.82) is 0 Å². The number of alkyl halides is 2. The molecule has 3 rings (SSSR count). The summed E-state index contributed by atoms with van der Waals surface area (Å²) in [5.74, 6) is 1.82. The summed E-state index contributed by atoms with van der Waals surface area (Å²) in [5.41, 5.74) is 0.702. The summed E-state index contributed by atoms with van der Waals surface area (Å²) >= 11 is 5.98. The molecule has 0 unspecified atom stereocenters. The molecule has 0 amide bonds. The van der Waals surface area contributed by atoms with Crippen LogP contribution in [-0.4, -0.2) is 16.6 Å². The lowest BCUT2D eigenvalue weighted by atomic mass is 10.3. The highest BCUT2D eigenvalue weighted by Gasteiger charge is 2.27. The number of anilines is 2. The molecule has 21 heavy (non-hydrogen) atoms. The van der Waals surface area contributed by atoms with Gasteiger partial charge in [0.25, 0.3) is 0 Å². The van der Waals surface area contributed by atoms with Gasteiger partial charge in [0.15, 0.2) is 0 Å². The van der Waals surface area contributed by atoms with Crippen LogP contribution in [0.25, 0.3) is 0 Å². The van der Waals surface area contributed by atoms with Crippen LogP contribution >= 0.6 is 11.6 Å². The first-order valence-electron chi connectivity index (χ1n) is 6.46. The smallest absolute Gasteiger partial charge is 0.387 e. The van der Waals surface area contributed by atoms with Crippen LogP contribution < -0.4 is 10.1 Å². The lowest BCUT2D eigenvalue weighted by Crippen LogP contribution is -2.02. The van der Waals surface area contributed by atoms with Crippen LogP contribution in [0.1, 0.15) is 24.6 Å². The van der Waals surface area contributed by atoms with Gasteiger partial charge in [0.05, 0.1) is 0 Å². The zero-order valence-electron chi connectivity index (χ0n) is 10.9. The third kappa shape index (κ3) is 3.78. The van der Waals surface area contributed by atoms with Gasteiger partial charge in [0.1, 0.15) is 22.5 Å². The summed E-state index contributed by atoms with van der Waals surface area (Å²) in [6.07, 6.45) is 2.17. The van der Waals surface area contributed by atoms with Gasteiger partial charge < -0.3 is 10.1 Å². The predicted octanol–water partition coefficient (Wildman–Crippen LogP) is 4.35. The molecule has 1 N–H and O–H groups in total. The minimum Gasteiger partial charge on any atom is -0.435 e. The van der Waals surface area contributed by atoms with E-state index in [0.717, 1.165) is 18.7 Å². The van der Waals surface area contributed by atoms with E-state index in [4.69, 9.17) is 11.6 Å². The maximum atomic E-state index is 12.1. The monoisotopic (exact) mass is 311 g/mol. The van der Waals surface area contributed by atoms with Gasteiger partial charge >= 0.3 is 6.61 Å². The Bertz CT molecular complexity index is 633. The molecule has 0 spiro atoms. The molecule has 0 radical (unpaired) electrons. The average molecular weight is 312 g/mol. The van der Waals surface area contributed by atoms with Crippen molar-refractivity contribution < 1.29 is 13.5 Å². The first-order valence-corrected chi connectivity index (χ1v) is 6.84. The maximum Gasteiger partial charge on any atom is 0.387 e. The van der Waals surface area contributed by atoms with Crippen molar-refractivity contribution in [1.82, 2.24) is 9.97 Å². The average Bonchev–Trinajstić information content (AvgIpc) is 3.24. The molecule has 1 aromatic heterocycles. The first-order chi connectivity index (χ1) is 10.1. The third-order valence-corrected chi connectivity index (χ3v) is 3.20. The minimum absolute atomic E-state index is 0.106. The summed E-state index contributed by atoms with van der Waals surface area (Å²) in [6, 6.07) is 7.80. The molecular formula is C14H12ClF2N3O. The molecule has 110 valence electrons. The van der Waals surface area contributed by atoms with Crippen molar-refractivity contribution in [2.75, 3.05) is 5.32 Å². The molecule has 1 saturated carbocycles. The molecule has 7 heteroatoms. The fraction of sp³-hybridized carbons (Fsp3) is 0.286. The van der Waals surface area contributed by atoms with Crippen LogP contribution in [0.5, 0.6) is 5.75 Å². The molecule has 2 aromatic rings. The largest absolute Gasteiger partial charge is 0.435 e. The van der Waals surface area contributed by atoms with Crippen molar-refractivity contribution in [2.24, 2.45) is 0 Å². The summed E-state index contributed by atoms with van der Waals surface area (Å²) in [4.78, 5) is 8.60. The first kappa shape index (κ1) is 14.0. The van der Waals surface area contributed by atoms with E-state index in [0.29, 0.717) is 22.6 Å². The molecule has 0 bridgehead atoms. The summed E-state index contributed by atoms with van der Waals surface area (Å²) < 4.78 is 28.4. The second-order valence-corrected chi connectivity index (χ2v) is 5.12. The second-order valence-electron chi connectivity index (χ2n) is 4.74. The van der Waals surface area contributed by atoms with E-state index >= 15 is 0 Å². The molecule has 1 aromatic carbocycles. The molecule has 4 nitrogen and oxygen atoms in total. The van der Waals surface area contributed by atoms with Gasteiger partial charge in [-0.15, -0.1) is 0 Å². The van der Waals surface area contributed by atoms with Gasteiger partial charge in [0, 0.05) is 17.7 Å². The number of halogens is 3. The highest BCUT2D eigenvalue weighted by molar-refractivity contribution is 6.29. The topological polar surface area (TPSA) is 47.0 Å². The number of hydrogen-bond donors (Lipinski definition) is 1. The highest BCUT2D eigenvalue weighted by Crippen LogP contribution is 2.39. The number of hydrogen-bond acceptors (Lipinski definition) is 4. The van der Waals surface area contributed by atoms with Crippen LogP contribution in [-0.2, 0) is 0 Å². The predicted molar refractivity (Wildman–Crippen MR) is 75.4 cm³/mol. The Balaban J connectivity index is 1.73. The van der Waals surface area contributed by atoms with E-state index in [1.807, 2.05) is 0 Å². The van der Waals surface area contributed by atoms with E-state index in [2.05, 4.69) is 20.0 Å². The third-order valence-electron chi connectivity index (χ3n) is 3.01. The molecule has 1 aliphatic rings. The lowest BCUT2D eigenvalue weighted by Gasteiger charge is -2.09. The highest BCUT2D eigenvalue weighted by atomic mass is 35.5. The van der Waals surface area contributed by atoms with E-state index in [-0.39, 0.29) is 5.75 Å². The maximum absolute atomic E-state index is 12.1. The number of aromatic nitrogens is 2. The Kier molecular flexibility index (Phi) is 3.88. The van der Waals surface area contributed by atoms with Crippen LogP contribution in [0, 0.1) is 0 Å². The van der Waals surface area contributed by atoms with E-state index < -0.39 is 6.61 Å². The number of ether oxygens (including phenoxy) is 1. The Morgan fingerprint density at radius 3 is 2.52 bits per heavy atom. The van der Waals surface area contributed by atoms with E-state index in [1.165, 1.54) is 12.1 Å². The van der Waals surface area contributed by atoms with Gasteiger partial charge in [-0.25, -0.2) is 9.97 Å². The van der Waals surface area contributed by atoms with Crippen LogP contribution in [0.4, 0.5) is 20.3 Å². The normalized spacial score (nSPS) is 14.3. The second kappa shape index (κ2) is 5.81. The van der Waals surface area contributed by atoms with E-state index in [1.54, 1.807) is 18.2 Å². The van der Waals surface area contributed by atoms with Gasteiger partial charge in [0.2, 0.25) is 0 Å². The van der Waals surface area contributed by atoms with Crippen molar-refractivity contribution in [3.05, 3.63) is 41.3 Å². The Hall–Kier alpha value is -1.95. The van der Waals surface area contributed by atoms with Crippen molar-refractivity contribution in [2.45, 2.75) is 25.4 Å². The number of nitrogens with zero attached hydrogens (tertiary/aromatic N) is 2. The quantitative estimate of drug-likeness (QED) is 0.834. The van der Waals surface area contributed by atoms with Crippen molar-refractivity contribution >= 4 is 23.1 Å². The van der Waals surface area contributed by atoms with E-state index in [9.17, 15) is 8.78 Å². The van der Waals surface area contributed by atoms with Gasteiger partial charge in [-0.3, -0.25) is 0 Å². The minimum atomic E-state index is -2.83. The molecular weight excluding hydrogens is 300 g/mol. The summed E-state index contributed by atoms with van der Waals surface area (Å²) in [7, 11) is 0. The zero-order valence-corrected chi connectivity index (χ0v) is 11.6. The lowest BCUT2D eigenvalue weighted by molar-refractivity contribution is -0.0498. The van der Waals surface area contributed by atoms with Gasteiger partial charge in [-0.05, 0) is 37.1 Å². The SMILES string of the molecule is FC(F)Oc1ccc(Nc2cc(Cl)nc(C3CC3)n2)cc1. The fourth-order valence-electron chi connectivity index (χ4n) is 1.89.